The van der Waals surface area contributed by atoms with Gasteiger partial charge in [-0.1, -0.05) is 35.9 Å². The molecule has 0 bridgehead atoms. The Kier molecular flexibility index (Phi) is 18.6. The average molecular weight is 947 g/mol. The van der Waals surface area contributed by atoms with Crippen LogP contribution in [0.2, 0.25) is 5.02 Å². The number of ether oxygens (including phenoxy) is 1. The minimum Gasteiger partial charge on any atom is -0.381 e. The molecule has 4 aromatic rings. The van der Waals surface area contributed by atoms with Gasteiger partial charge in [0, 0.05) is 89.7 Å². The number of hydrogen-bond acceptors (Lipinski definition) is 12. The van der Waals surface area contributed by atoms with Crippen LogP contribution in [0.5, 0.6) is 0 Å². The smallest absolute Gasteiger partial charge is 0.254 e. The van der Waals surface area contributed by atoms with E-state index in [1.54, 1.807) is 59.6 Å². The van der Waals surface area contributed by atoms with Crippen molar-refractivity contribution in [3.63, 3.8) is 0 Å². The quantitative estimate of drug-likeness (QED) is 0.0199. The van der Waals surface area contributed by atoms with Gasteiger partial charge in [0.1, 0.15) is 17.3 Å². The minimum absolute atomic E-state index is 0.0339. The number of halogens is 3. The number of nitrogens with one attached hydrogen (secondary N) is 3. The van der Waals surface area contributed by atoms with Crippen LogP contribution >= 0.6 is 11.6 Å². The summed E-state index contributed by atoms with van der Waals surface area (Å²) in [5.41, 5.74) is 5.71. The Hall–Kier alpha value is -7.08. The molecule has 2 heterocycles. The highest BCUT2D eigenvalue weighted by atomic mass is 35.5. The molecule has 0 spiro atoms. The van der Waals surface area contributed by atoms with Crippen LogP contribution in [-0.2, 0) is 25.7 Å². The molecule has 5 N–H and O–H groups in total. The van der Waals surface area contributed by atoms with Crippen molar-refractivity contribution >= 4 is 77.2 Å². The number of benzene rings is 4. The van der Waals surface area contributed by atoms with E-state index in [0.29, 0.717) is 95.8 Å². The molecule has 0 saturated heterocycles. The first-order valence-electron chi connectivity index (χ1n) is 22.2. The second-order valence-corrected chi connectivity index (χ2v) is 16.4. The summed E-state index contributed by atoms with van der Waals surface area (Å²) in [5, 5.41) is 12.4. The van der Waals surface area contributed by atoms with Crippen molar-refractivity contribution in [1.29, 1.82) is 0 Å². The molecule has 15 nitrogen and oxygen atoms in total. The Bertz CT molecular complexity index is 2630. The van der Waals surface area contributed by atoms with Crippen molar-refractivity contribution in [2.75, 3.05) is 44.7 Å². The van der Waals surface area contributed by atoms with Gasteiger partial charge < -0.3 is 26.1 Å². The third-order valence-electron chi connectivity index (χ3n) is 11.2. The Balaban J connectivity index is 0.880. The number of hydrogen-bond donors (Lipinski definition) is 4. The van der Waals surface area contributed by atoms with E-state index >= 15 is 8.78 Å². The normalized spacial score (nSPS) is 15.2. The highest BCUT2D eigenvalue weighted by Crippen LogP contribution is 2.31. The second kappa shape index (κ2) is 25.2. The molecule has 0 aromatic heterocycles. The van der Waals surface area contributed by atoms with Gasteiger partial charge in [-0.15, -0.1) is 0 Å². The molecule has 354 valence electrons. The summed E-state index contributed by atoms with van der Waals surface area (Å²) in [6.07, 6.45) is 7.45. The number of nitrogens with two attached hydrogens (primary N) is 1. The van der Waals surface area contributed by atoms with Crippen LogP contribution < -0.4 is 21.8 Å². The van der Waals surface area contributed by atoms with E-state index in [9.17, 15) is 19.2 Å². The summed E-state index contributed by atoms with van der Waals surface area (Å²) >= 11 is 6.39. The molecule has 2 aliphatic rings. The van der Waals surface area contributed by atoms with Crippen molar-refractivity contribution in [3.05, 3.63) is 141 Å². The lowest BCUT2D eigenvalue weighted by Gasteiger charge is -2.23. The Morgan fingerprint density at radius 2 is 1.74 bits per heavy atom. The Morgan fingerprint density at radius 1 is 0.971 bits per heavy atom. The fourth-order valence-electron chi connectivity index (χ4n) is 7.67. The maximum Gasteiger partial charge on any atom is 0.254 e. The molecule has 0 radical (unpaired) electrons. The standard InChI is InChI=1S/C50H53ClF2N10O5/c1-32(10-19-45(65)59-31-64)63-30-34-24-38(16-18-39(34)50(63)67)60-46(66)29-57-21-7-23-68-22-5-3-4-20-56-28-44(62-54)33-11-14-37(15-12-33)61-48-35(26-55-2)27-58-49(41-25-36(51)13-17-40(41)48)47-42(52)8-6-9-43(47)53/h6,8-9,11-18,24-26,28,31-32,57H,2-5,7,10,19-23,27,29-30,54H2,1H3,(H,60,66)(H,59,64,65)/b35-26-,56-28?,61-48?,62-44+. The molecule has 4 amide bonds. The molecule has 1 unspecified atom stereocenters. The first kappa shape index (κ1) is 50.3. The largest absolute Gasteiger partial charge is 0.381 e. The molecule has 4 aromatic carbocycles. The third-order valence-corrected chi connectivity index (χ3v) is 11.4. The Morgan fingerprint density at radius 3 is 2.49 bits per heavy atom. The summed E-state index contributed by atoms with van der Waals surface area (Å²) in [4.78, 5) is 67.3. The van der Waals surface area contributed by atoms with E-state index in [2.05, 4.69) is 42.7 Å². The maximum atomic E-state index is 15.0. The summed E-state index contributed by atoms with van der Waals surface area (Å²) in [5.74, 6) is 3.53. The Labute approximate surface area is 398 Å². The van der Waals surface area contributed by atoms with Crippen molar-refractivity contribution in [3.8, 4) is 0 Å². The van der Waals surface area contributed by atoms with E-state index < -0.39 is 11.6 Å². The molecular weight excluding hydrogens is 894 g/mol. The van der Waals surface area contributed by atoms with Crippen molar-refractivity contribution in [2.45, 2.75) is 58.0 Å². The van der Waals surface area contributed by atoms with Gasteiger partial charge in [0.25, 0.3) is 5.91 Å². The summed E-state index contributed by atoms with van der Waals surface area (Å²) in [6.45, 7) is 8.35. The van der Waals surface area contributed by atoms with Gasteiger partial charge in [0.2, 0.25) is 18.2 Å². The van der Waals surface area contributed by atoms with Gasteiger partial charge in [-0.3, -0.25) is 39.5 Å². The van der Waals surface area contributed by atoms with Gasteiger partial charge >= 0.3 is 0 Å². The topological polar surface area (TPSA) is 205 Å². The van der Waals surface area contributed by atoms with Gasteiger partial charge in [-0.2, -0.15) is 5.10 Å². The SMILES string of the molecule is C=N/C=C1/CN=C(c2c(F)cccc2F)c2cc(Cl)ccc2C1=Nc1ccc(/C(C=NCCCCCOCCCNCC(=O)Nc2ccc3c(c2)CN(C(C)CCC(=O)NC=O)C3=O)=N/N)cc1. The van der Waals surface area contributed by atoms with Gasteiger partial charge in [0.15, 0.2) is 0 Å². The van der Waals surface area contributed by atoms with Gasteiger partial charge in [-0.25, -0.2) is 13.8 Å². The number of aliphatic imine (C=N–C) groups is 4. The number of hydrazone groups is 1. The van der Waals surface area contributed by atoms with E-state index in [1.807, 2.05) is 19.1 Å². The lowest BCUT2D eigenvalue weighted by molar-refractivity contribution is -0.125. The molecule has 68 heavy (non-hydrogen) atoms. The van der Waals surface area contributed by atoms with Gasteiger partial charge in [-0.05, 0) is 112 Å². The average Bonchev–Trinajstić information content (AvgIpc) is 3.58. The molecule has 0 saturated carbocycles. The highest BCUT2D eigenvalue weighted by Gasteiger charge is 2.31. The van der Waals surface area contributed by atoms with Crippen molar-refractivity contribution < 1.29 is 32.7 Å². The van der Waals surface area contributed by atoms with Crippen LogP contribution in [-0.4, -0.2) is 105 Å². The summed E-state index contributed by atoms with van der Waals surface area (Å²) in [6, 6.07) is 21.0. The third kappa shape index (κ3) is 13.5. The fourth-order valence-corrected chi connectivity index (χ4v) is 7.84. The first-order chi connectivity index (χ1) is 33.0. The predicted molar refractivity (Wildman–Crippen MR) is 263 cm³/mol. The molecule has 2 aliphatic heterocycles. The number of fused-ring (bicyclic) bond motifs is 2. The predicted octanol–water partition coefficient (Wildman–Crippen LogP) is 7.11. The van der Waals surface area contributed by atoms with Crippen LogP contribution in [0.15, 0.2) is 116 Å². The fraction of sp³-hybridized carbons (Fsp3) is 0.300. The number of carbonyl (C=O) groups excluding carboxylic acids is 4. The number of nitrogens with zero attached hydrogens (tertiary/aromatic N) is 6. The van der Waals surface area contributed by atoms with Gasteiger partial charge in [0.05, 0.1) is 35.8 Å². The zero-order valence-corrected chi connectivity index (χ0v) is 38.4. The number of unbranched alkanes of at least 4 members (excludes halogenated alkanes) is 2. The second-order valence-electron chi connectivity index (χ2n) is 16.0. The number of imide groups is 1. The molecule has 6 rings (SSSR count). The van der Waals surface area contributed by atoms with Crippen LogP contribution in [0.25, 0.3) is 0 Å². The van der Waals surface area contributed by atoms with E-state index in [-0.39, 0.29) is 54.5 Å². The van der Waals surface area contributed by atoms with E-state index in [1.165, 1.54) is 24.4 Å². The molecule has 1 atom stereocenters. The van der Waals surface area contributed by atoms with E-state index in [4.69, 9.17) is 27.2 Å². The molecular formula is C50H53ClF2N10O5. The van der Waals surface area contributed by atoms with Crippen LogP contribution in [0.4, 0.5) is 20.2 Å². The van der Waals surface area contributed by atoms with Crippen LogP contribution in [0.3, 0.4) is 0 Å². The zero-order chi connectivity index (χ0) is 48.4. The number of anilines is 1. The monoisotopic (exact) mass is 946 g/mol. The first-order valence-corrected chi connectivity index (χ1v) is 22.6. The van der Waals surface area contributed by atoms with Crippen LogP contribution in [0, 0.1) is 11.6 Å². The molecule has 0 aliphatic carbocycles. The van der Waals surface area contributed by atoms with Crippen molar-refractivity contribution in [2.24, 2.45) is 30.9 Å². The van der Waals surface area contributed by atoms with Crippen molar-refractivity contribution in [1.82, 2.24) is 15.5 Å². The highest BCUT2D eigenvalue weighted by molar-refractivity contribution is 6.38. The minimum atomic E-state index is -0.749. The molecule has 0 fully saturated rings. The lowest BCUT2D eigenvalue weighted by Crippen LogP contribution is -2.34. The number of rotatable bonds is 23. The number of carbonyl (C=O) groups is 4. The zero-order valence-electron chi connectivity index (χ0n) is 37.7. The summed E-state index contributed by atoms with van der Waals surface area (Å²) in [7, 11) is 0. The lowest BCUT2D eigenvalue weighted by atomic mass is 9.93. The number of amides is 4. The van der Waals surface area contributed by atoms with E-state index in [0.717, 1.165) is 36.8 Å². The summed E-state index contributed by atoms with van der Waals surface area (Å²) < 4.78 is 35.8. The maximum absolute atomic E-state index is 15.0. The molecule has 18 heteroatoms. The van der Waals surface area contributed by atoms with Crippen LogP contribution in [0.1, 0.15) is 83.6 Å².